The van der Waals surface area contributed by atoms with Crippen LogP contribution in [-0.2, 0) is 4.79 Å². The number of pyridine rings is 1. The van der Waals surface area contributed by atoms with E-state index >= 15 is 0 Å². The molecule has 0 saturated carbocycles. The lowest BCUT2D eigenvalue weighted by atomic mass is 9.94. The van der Waals surface area contributed by atoms with Gasteiger partial charge in [-0.25, -0.2) is 0 Å². The van der Waals surface area contributed by atoms with Crippen LogP contribution < -0.4 is 5.32 Å². The van der Waals surface area contributed by atoms with Crippen LogP contribution in [0.25, 0.3) is 0 Å². The molecule has 27 heavy (non-hydrogen) atoms. The molecule has 3 rings (SSSR count). The average molecular weight is 365 g/mol. The first-order chi connectivity index (χ1) is 13.1. The van der Waals surface area contributed by atoms with Gasteiger partial charge in [0, 0.05) is 37.0 Å². The van der Waals surface area contributed by atoms with E-state index in [2.05, 4.69) is 17.2 Å². The highest BCUT2D eigenvalue weighted by atomic mass is 16.2. The Morgan fingerprint density at radius 2 is 1.74 bits per heavy atom. The number of carbonyl (C=O) groups is 2. The van der Waals surface area contributed by atoms with Crippen LogP contribution in [0.4, 0.5) is 0 Å². The Morgan fingerprint density at radius 1 is 1.11 bits per heavy atom. The second-order valence-electron chi connectivity index (χ2n) is 7.18. The standard InChI is InChI=1S/C22H27N3O2/c1-3-20(17-8-12-23-13-9-17)24-21(26)18-10-14-25(15-11-18)22(27)19-6-4-16(2)5-7-19/h4-9,12-13,18,20H,3,10-11,14-15H2,1-2H3,(H,24,26). The molecule has 1 saturated heterocycles. The molecule has 1 fully saturated rings. The number of nitrogens with one attached hydrogen (secondary N) is 1. The molecule has 2 aromatic rings. The zero-order valence-corrected chi connectivity index (χ0v) is 16.0. The van der Waals surface area contributed by atoms with E-state index in [0.717, 1.165) is 17.5 Å². The fraction of sp³-hybridized carbons (Fsp3) is 0.409. The van der Waals surface area contributed by atoms with Crippen molar-refractivity contribution in [2.75, 3.05) is 13.1 Å². The summed E-state index contributed by atoms with van der Waals surface area (Å²) in [5.41, 5.74) is 2.93. The number of nitrogens with zero attached hydrogens (tertiary/aromatic N) is 2. The number of piperidine rings is 1. The topological polar surface area (TPSA) is 62.3 Å². The van der Waals surface area contributed by atoms with Crippen molar-refractivity contribution in [3.8, 4) is 0 Å². The number of likely N-dealkylation sites (tertiary alicyclic amines) is 1. The van der Waals surface area contributed by atoms with Gasteiger partial charge >= 0.3 is 0 Å². The highest BCUT2D eigenvalue weighted by molar-refractivity contribution is 5.94. The minimum Gasteiger partial charge on any atom is -0.349 e. The van der Waals surface area contributed by atoms with Crippen LogP contribution in [0.2, 0.25) is 0 Å². The number of benzene rings is 1. The van der Waals surface area contributed by atoms with Crippen molar-refractivity contribution in [2.45, 2.75) is 39.2 Å². The molecule has 1 aliphatic heterocycles. The van der Waals surface area contributed by atoms with Crippen LogP contribution >= 0.6 is 0 Å². The SMILES string of the molecule is CCC(NC(=O)C1CCN(C(=O)c2ccc(C)cc2)CC1)c1ccncc1. The van der Waals surface area contributed by atoms with Crippen LogP contribution in [0.5, 0.6) is 0 Å². The molecule has 0 aliphatic carbocycles. The predicted molar refractivity (Wildman–Crippen MR) is 105 cm³/mol. The Bertz CT molecular complexity index is 766. The van der Waals surface area contributed by atoms with Crippen molar-refractivity contribution in [2.24, 2.45) is 5.92 Å². The van der Waals surface area contributed by atoms with E-state index in [1.807, 2.05) is 48.2 Å². The summed E-state index contributed by atoms with van der Waals surface area (Å²) in [5, 5.41) is 3.16. The van der Waals surface area contributed by atoms with Gasteiger partial charge in [0.2, 0.25) is 5.91 Å². The highest BCUT2D eigenvalue weighted by Gasteiger charge is 2.28. The fourth-order valence-corrected chi connectivity index (χ4v) is 3.53. The quantitative estimate of drug-likeness (QED) is 0.882. The molecule has 1 aromatic heterocycles. The number of aryl methyl sites for hydroxylation is 1. The minimum absolute atomic E-state index is 0.00715. The van der Waals surface area contributed by atoms with Gasteiger partial charge in [0.25, 0.3) is 5.91 Å². The number of aromatic nitrogens is 1. The highest BCUT2D eigenvalue weighted by Crippen LogP contribution is 2.22. The first-order valence-corrected chi connectivity index (χ1v) is 9.64. The lowest BCUT2D eigenvalue weighted by molar-refractivity contribution is -0.127. The molecule has 5 nitrogen and oxygen atoms in total. The first-order valence-electron chi connectivity index (χ1n) is 9.64. The zero-order chi connectivity index (χ0) is 19.2. The van der Waals surface area contributed by atoms with Gasteiger partial charge in [-0.15, -0.1) is 0 Å². The van der Waals surface area contributed by atoms with Crippen molar-refractivity contribution in [1.29, 1.82) is 0 Å². The van der Waals surface area contributed by atoms with Gasteiger partial charge in [0.1, 0.15) is 0 Å². The number of hydrogen-bond acceptors (Lipinski definition) is 3. The first kappa shape index (κ1) is 19.1. The summed E-state index contributed by atoms with van der Waals surface area (Å²) in [6.45, 7) is 5.32. The van der Waals surface area contributed by atoms with Crippen molar-refractivity contribution in [3.63, 3.8) is 0 Å². The summed E-state index contributed by atoms with van der Waals surface area (Å²) in [6.07, 6.45) is 5.74. The molecular formula is C22H27N3O2. The van der Waals surface area contributed by atoms with E-state index in [4.69, 9.17) is 0 Å². The van der Waals surface area contributed by atoms with Gasteiger partial charge in [-0.1, -0.05) is 24.6 Å². The summed E-state index contributed by atoms with van der Waals surface area (Å²) in [7, 11) is 0. The third-order valence-corrected chi connectivity index (χ3v) is 5.28. The number of hydrogen-bond donors (Lipinski definition) is 1. The maximum Gasteiger partial charge on any atom is 0.253 e. The van der Waals surface area contributed by atoms with Crippen LogP contribution in [-0.4, -0.2) is 34.8 Å². The second-order valence-corrected chi connectivity index (χ2v) is 7.18. The second kappa shape index (κ2) is 8.80. The lowest BCUT2D eigenvalue weighted by Gasteiger charge is -2.32. The van der Waals surface area contributed by atoms with Gasteiger partial charge in [-0.05, 0) is 56.0 Å². The van der Waals surface area contributed by atoms with Crippen molar-refractivity contribution < 1.29 is 9.59 Å². The van der Waals surface area contributed by atoms with Gasteiger partial charge in [0.05, 0.1) is 6.04 Å². The van der Waals surface area contributed by atoms with E-state index in [0.29, 0.717) is 31.5 Å². The number of amides is 2. The van der Waals surface area contributed by atoms with Gasteiger partial charge in [-0.2, -0.15) is 0 Å². The largest absolute Gasteiger partial charge is 0.349 e. The molecule has 1 N–H and O–H groups in total. The van der Waals surface area contributed by atoms with Crippen LogP contribution in [0.3, 0.4) is 0 Å². The average Bonchev–Trinajstić information content (AvgIpc) is 2.72. The summed E-state index contributed by atoms with van der Waals surface area (Å²) < 4.78 is 0. The van der Waals surface area contributed by atoms with E-state index < -0.39 is 0 Å². The molecule has 2 amide bonds. The Hall–Kier alpha value is -2.69. The van der Waals surface area contributed by atoms with E-state index in [-0.39, 0.29) is 23.8 Å². The summed E-state index contributed by atoms with van der Waals surface area (Å²) >= 11 is 0. The molecular weight excluding hydrogens is 338 g/mol. The minimum atomic E-state index is -0.0389. The Morgan fingerprint density at radius 3 is 2.33 bits per heavy atom. The number of carbonyl (C=O) groups excluding carboxylic acids is 2. The molecule has 1 atom stereocenters. The van der Waals surface area contributed by atoms with Crippen molar-refractivity contribution in [3.05, 3.63) is 65.5 Å². The third kappa shape index (κ3) is 4.73. The van der Waals surface area contributed by atoms with Crippen molar-refractivity contribution in [1.82, 2.24) is 15.2 Å². The summed E-state index contributed by atoms with van der Waals surface area (Å²) in [5.74, 6) is 0.0983. The van der Waals surface area contributed by atoms with Crippen LogP contribution in [0.15, 0.2) is 48.8 Å². The Kier molecular flexibility index (Phi) is 6.22. The Labute approximate surface area is 160 Å². The molecule has 0 spiro atoms. The van der Waals surface area contributed by atoms with Crippen LogP contribution in [0, 0.1) is 12.8 Å². The molecule has 0 bridgehead atoms. The summed E-state index contributed by atoms with van der Waals surface area (Å²) in [4.78, 5) is 31.2. The predicted octanol–water partition coefficient (Wildman–Crippen LogP) is 3.51. The maximum atomic E-state index is 12.7. The van der Waals surface area contributed by atoms with E-state index in [1.54, 1.807) is 12.4 Å². The molecule has 2 heterocycles. The normalized spacial score (nSPS) is 16.0. The van der Waals surface area contributed by atoms with Gasteiger partial charge in [-0.3, -0.25) is 14.6 Å². The van der Waals surface area contributed by atoms with Gasteiger partial charge in [0.15, 0.2) is 0 Å². The van der Waals surface area contributed by atoms with Crippen LogP contribution in [0.1, 0.15) is 53.7 Å². The van der Waals surface area contributed by atoms with Crippen molar-refractivity contribution >= 4 is 11.8 Å². The maximum absolute atomic E-state index is 12.7. The summed E-state index contributed by atoms with van der Waals surface area (Å²) in [6, 6.07) is 11.5. The zero-order valence-electron chi connectivity index (χ0n) is 16.0. The van der Waals surface area contributed by atoms with E-state index in [1.165, 1.54) is 0 Å². The third-order valence-electron chi connectivity index (χ3n) is 5.28. The monoisotopic (exact) mass is 365 g/mol. The number of rotatable bonds is 5. The molecule has 1 aromatic carbocycles. The molecule has 142 valence electrons. The Balaban J connectivity index is 1.54. The van der Waals surface area contributed by atoms with Gasteiger partial charge < -0.3 is 10.2 Å². The lowest BCUT2D eigenvalue weighted by Crippen LogP contribution is -2.43. The van der Waals surface area contributed by atoms with E-state index in [9.17, 15) is 9.59 Å². The molecule has 5 heteroatoms. The molecule has 0 radical (unpaired) electrons. The molecule has 1 unspecified atom stereocenters. The fourth-order valence-electron chi connectivity index (χ4n) is 3.53. The smallest absolute Gasteiger partial charge is 0.253 e. The molecule has 1 aliphatic rings.